The lowest BCUT2D eigenvalue weighted by atomic mass is 10.2. The van der Waals surface area contributed by atoms with Crippen LogP contribution in [0.4, 0.5) is 4.39 Å². The fourth-order valence-corrected chi connectivity index (χ4v) is 3.36. The van der Waals surface area contributed by atoms with E-state index >= 15 is 0 Å². The summed E-state index contributed by atoms with van der Waals surface area (Å²) in [7, 11) is 0. The van der Waals surface area contributed by atoms with Gasteiger partial charge >= 0.3 is 0 Å². The van der Waals surface area contributed by atoms with Crippen molar-refractivity contribution in [2.45, 2.75) is 6.92 Å². The third-order valence-corrected chi connectivity index (χ3v) is 4.46. The quantitative estimate of drug-likeness (QED) is 0.568. The standard InChI is InChI=1S/C12H7FN6S2/c1-6-9(14-18-21-6)11-17-19-10(15-16-12(19)20-11)7-3-2-4-8(13)5-7/h2-5H,1H3. The van der Waals surface area contributed by atoms with E-state index in [0.29, 0.717) is 16.3 Å². The second kappa shape index (κ2) is 4.64. The van der Waals surface area contributed by atoms with Crippen molar-refractivity contribution in [2.75, 3.05) is 0 Å². The van der Waals surface area contributed by atoms with Crippen molar-refractivity contribution in [3.63, 3.8) is 0 Å². The Morgan fingerprint density at radius 2 is 2.10 bits per heavy atom. The highest BCUT2D eigenvalue weighted by Crippen LogP contribution is 2.29. The lowest BCUT2D eigenvalue weighted by molar-refractivity contribution is 0.628. The molecule has 0 unspecified atom stereocenters. The molecule has 1 aromatic carbocycles. The SMILES string of the molecule is Cc1snnc1-c1nn2c(-c3cccc(F)c3)nnc2s1. The monoisotopic (exact) mass is 318 g/mol. The van der Waals surface area contributed by atoms with E-state index < -0.39 is 0 Å². The number of aromatic nitrogens is 6. The number of nitrogens with zero attached hydrogens (tertiary/aromatic N) is 6. The van der Waals surface area contributed by atoms with Gasteiger partial charge in [-0.25, -0.2) is 4.39 Å². The molecule has 0 amide bonds. The van der Waals surface area contributed by atoms with Gasteiger partial charge in [-0.2, -0.15) is 9.61 Å². The van der Waals surface area contributed by atoms with Gasteiger partial charge in [0.15, 0.2) is 10.8 Å². The van der Waals surface area contributed by atoms with Gasteiger partial charge in [0.05, 0.1) is 4.88 Å². The number of halogens is 1. The third-order valence-electron chi connectivity index (χ3n) is 2.93. The first kappa shape index (κ1) is 12.5. The highest BCUT2D eigenvalue weighted by molar-refractivity contribution is 7.20. The Bertz CT molecular complexity index is 940. The molecule has 0 aliphatic carbocycles. The highest BCUT2D eigenvalue weighted by Gasteiger charge is 2.17. The fourth-order valence-electron chi connectivity index (χ4n) is 1.95. The molecule has 0 aliphatic rings. The van der Waals surface area contributed by atoms with Gasteiger partial charge in [-0.05, 0) is 30.6 Å². The maximum absolute atomic E-state index is 13.3. The highest BCUT2D eigenvalue weighted by atomic mass is 32.1. The summed E-state index contributed by atoms with van der Waals surface area (Å²) in [5, 5.41) is 17.4. The minimum absolute atomic E-state index is 0.320. The van der Waals surface area contributed by atoms with Crippen LogP contribution < -0.4 is 0 Å². The molecule has 0 aliphatic heterocycles. The van der Waals surface area contributed by atoms with Gasteiger partial charge in [-0.1, -0.05) is 28.0 Å². The van der Waals surface area contributed by atoms with Crippen molar-refractivity contribution in [2.24, 2.45) is 0 Å². The van der Waals surface area contributed by atoms with Crippen molar-refractivity contribution >= 4 is 27.8 Å². The van der Waals surface area contributed by atoms with E-state index in [1.807, 2.05) is 6.92 Å². The Kier molecular flexibility index (Phi) is 2.76. The first-order valence-electron chi connectivity index (χ1n) is 6.00. The van der Waals surface area contributed by atoms with E-state index in [0.717, 1.165) is 15.6 Å². The predicted molar refractivity (Wildman–Crippen MR) is 77.7 cm³/mol. The number of hydrogen-bond acceptors (Lipinski definition) is 7. The summed E-state index contributed by atoms with van der Waals surface area (Å²) in [6.45, 7) is 1.94. The van der Waals surface area contributed by atoms with Gasteiger partial charge in [-0.15, -0.1) is 15.3 Å². The van der Waals surface area contributed by atoms with Gasteiger partial charge in [-0.3, -0.25) is 0 Å². The van der Waals surface area contributed by atoms with Gasteiger partial charge in [0, 0.05) is 5.56 Å². The maximum atomic E-state index is 13.3. The van der Waals surface area contributed by atoms with Crippen LogP contribution in [-0.2, 0) is 0 Å². The molecule has 104 valence electrons. The van der Waals surface area contributed by atoms with Crippen LogP contribution in [0, 0.1) is 12.7 Å². The predicted octanol–water partition coefficient (Wildman–Crippen LogP) is 2.82. The first-order valence-corrected chi connectivity index (χ1v) is 7.59. The van der Waals surface area contributed by atoms with Crippen molar-refractivity contribution in [3.05, 3.63) is 35.0 Å². The van der Waals surface area contributed by atoms with Crippen LogP contribution >= 0.6 is 22.9 Å². The van der Waals surface area contributed by atoms with Crippen LogP contribution in [0.2, 0.25) is 0 Å². The van der Waals surface area contributed by atoms with Gasteiger partial charge < -0.3 is 0 Å². The summed E-state index contributed by atoms with van der Waals surface area (Å²) in [6, 6.07) is 6.20. The second-order valence-electron chi connectivity index (χ2n) is 4.31. The molecule has 0 N–H and O–H groups in total. The van der Waals surface area contributed by atoms with E-state index in [1.54, 1.807) is 16.6 Å². The van der Waals surface area contributed by atoms with Gasteiger partial charge in [0.1, 0.15) is 11.5 Å². The van der Waals surface area contributed by atoms with Crippen molar-refractivity contribution < 1.29 is 4.39 Å². The lowest BCUT2D eigenvalue weighted by Gasteiger charge is -1.96. The molecule has 6 nitrogen and oxygen atoms in total. The summed E-state index contributed by atoms with van der Waals surface area (Å²) in [6.07, 6.45) is 0. The van der Waals surface area contributed by atoms with Crippen LogP contribution in [0.15, 0.2) is 24.3 Å². The summed E-state index contributed by atoms with van der Waals surface area (Å²) >= 11 is 2.70. The Morgan fingerprint density at radius 3 is 2.86 bits per heavy atom. The Hall–Kier alpha value is -2.26. The molecule has 0 saturated heterocycles. The summed E-state index contributed by atoms with van der Waals surface area (Å²) in [5.41, 5.74) is 1.38. The van der Waals surface area contributed by atoms with E-state index in [4.69, 9.17) is 0 Å². The minimum Gasteiger partial charge on any atom is -0.207 e. The zero-order valence-corrected chi connectivity index (χ0v) is 12.3. The van der Waals surface area contributed by atoms with Crippen LogP contribution in [0.1, 0.15) is 4.88 Å². The molecule has 3 heterocycles. The van der Waals surface area contributed by atoms with Crippen molar-refractivity contribution in [3.8, 4) is 22.1 Å². The number of benzene rings is 1. The number of rotatable bonds is 2. The van der Waals surface area contributed by atoms with Gasteiger partial charge in [0.2, 0.25) is 4.96 Å². The average molecular weight is 318 g/mol. The molecule has 4 rings (SSSR count). The normalized spacial score (nSPS) is 11.3. The van der Waals surface area contributed by atoms with E-state index in [1.165, 1.54) is 35.0 Å². The molecule has 4 aromatic rings. The molecule has 3 aromatic heterocycles. The van der Waals surface area contributed by atoms with Gasteiger partial charge in [0.25, 0.3) is 0 Å². The third kappa shape index (κ3) is 2.01. The molecule has 0 fully saturated rings. The molecular formula is C12H7FN6S2. The first-order chi connectivity index (χ1) is 10.2. The molecule has 0 bridgehead atoms. The molecule has 21 heavy (non-hydrogen) atoms. The molecule has 0 radical (unpaired) electrons. The van der Waals surface area contributed by atoms with E-state index in [-0.39, 0.29) is 5.82 Å². The number of aryl methyl sites for hydroxylation is 1. The van der Waals surface area contributed by atoms with E-state index in [2.05, 4.69) is 24.9 Å². The van der Waals surface area contributed by atoms with Crippen LogP contribution in [0.3, 0.4) is 0 Å². The summed E-state index contributed by atoms with van der Waals surface area (Å²) in [4.78, 5) is 1.63. The van der Waals surface area contributed by atoms with Crippen LogP contribution in [-0.4, -0.2) is 29.4 Å². The smallest absolute Gasteiger partial charge is 0.207 e. The Balaban J connectivity index is 1.89. The van der Waals surface area contributed by atoms with E-state index in [9.17, 15) is 4.39 Å². The molecular weight excluding hydrogens is 311 g/mol. The number of fused-ring (bicyclic) bond motifs is 1. The summed E-state index contributed by atoms with van der Waals surface area (Å²) in [5.74, 6) is 0.187. The fraction of sp³-hybridized carbons (Fsp3) is 0.0833. The zero-order chi connectivity index (χ0) is 14.4. The largest absolute Gasteiger partial charge is 0.235 e. The van der Waals surface area contributed by atoms with Crippen molar-refractivity contribution in [1.29, 1.82) is 0 Å². The minimum atomic E-state index is -0.320. The van der Waals surface area contributed by atoms with Crippen LogP contribution in [0.25, 0.3) is 27.1 Å². The summed E-state index contributed by atoms with van der Waals surface area (Å²) < 4.78 is 18.9. The molecule has 0 saturated carbocycles. The van der Waals surface area contributed by atoms with Crippen LogP contribution in [0.5, 0.6) is 0 Å². The topological polar surface area (TPSA) is 68.9 Å². The lowest BCUT2D eigenvalue weighted by Crippen LogP contribution is -1.92. The Labute approximate surface area is 126 Å². The molecule has 0 atom stereocenters. The molecule has 0 spiro atoms. The number of hydrogen-bond donors (Lipinski definition) is 0. The Morgan fingerprint density at radius 1 is 1.19 bits per heavy atom. The average Bonchev–Trinajstić information content (AvgIpc) is 3.12. The molecule has 9 heteroatoms. The maximum Gasteiger partial charge on any atom is 0.235 e. The zero-order valence-electron chi connectivity index (χ0n) is 10.7. The van der Waals surface area contributed by atoms with Crippen molar-refractivity contribution in [1.82, 2.24) is 29.4 Å². The second-order valence-corrected chi connectivity index (χ2v) is 6.23.